The van der Waals surface area contributed by atoms with Gasteiger partial charge in [0, 0.05) is 61.2 Å². The Hall–Kier alpha value is -2.60. The maximum atomic E-state index is 5.37. The number of nitrogens with zero attached hydrogens (tertiary/aromatic N) is 3. The molecular formula is C21H27N5O. The predicted octanol–water partition coefficient (Wildman–Crippen LogP) is 3.71. The molecule has 0 spiro atoms. The molecule has 0 saturated carbocycles. The summed E-state index contributed by atoms with van der Waals surface area (Å²) in [5.74, 6) is 1.96. The standard InChI is InChI=1S/C21H27N5O/c1-3-4-8-20-22-12-16(23-20)13-26-10-9-19-18(14-26)21(25-24-19)15-6-5-7-17(11-15)27-2/h5-7,11-12H,3-4,8-10,13-14H2,1-2H3,(H,22,23)(H,24,25). The monoisotopic (exact) mass is 365 g/mol. The number of methoxy groups -OCH3 is 1. The number of aryl methyl sites for hydroxylation is 1. The predicted molar refractivity (Wildman–Crippen MR) is 106 cm³/mol. The van der Waals surface area contributed by atoms with Crippen LogP contribution in [-0.2, 0) is 25.9 Å². The van der Waals surface area contributed by atoms with Crippen molar-refractivity contribution >= 4 is 0 Å². The third kappa shape index (κ3) is 3.90. The van der Waals surface area contributed by atoms with Crippen LogP contribution in [0.3, 0.4) is 0 Å². The molecule has 0 saturated heterocycles. The number of imidazole rings is 1. The van der Waals surface area contributed by atoms with Crippen molar-refractivity contribution in [3.8, 4) is 17.0 Å². The lowest BCUT2D eigenvalue weighted by molar-refractivity contribution is 0.242. The van der Waals surface area contributed by atoms with Gasteiger partial charge in [0.05, 0.1) is 12.8 Å². The van der Waals surface area contributed by atoms with Crippen LogP contribution in [0, 0.1) is 0 Å². The second-order valence-corrected chi connectivity index (χ2v) is 7.18. The summed E-state index contributed by atoms with van der Waals surface area (Å²) in [5.41, 5.74) is 5.85. The lowest BCUT2D eigenvalue weighted by atomic mass is 10.0. The third-order valence-corrected chi connectivity index (χ3v) is 5.20. The van der Waals surface area contributed by atoms with E-state index in [1.807, 2.05) is 24.4 Å². The Morgan fingerprint density at radius 3 is 3.07 bits per heavy atom. The van der Waals surface area contributed by atoms with Crippen LogP contribution in [0.15, 0.2) is 30.5 Å². The van der Waals surface area contributed by atoms with Gasteiger partial charge in [0.2, 0.25) is 0 Å². The van der Waals surface area contributed by atoms with Crippen LogP contribution in [0.1, 0.15) is 42.5 Å². The molecule has 6 nitrogen and oxygen atoms in total. The summed E-state index contributed by atoms with van der Waals surface area (Å²) >= 11 is 0. The first-order valence-electron chi connectivity index (χ1n) is 9.72. The number of unbranched alkanes of at least 4 members (excludes halogenated alkanes) is 1. The highest BCUT2D eigenvalue weighted by Crippen LogP contribution is 2.30. The molecule has 0 bridgehead atoms. The van der Waals surface area contributed by atoms with Gasteiger partial charge in [-0.2, -0.15) is 5.10 Å². The second kappa shape index (κ2) is 7.96. The highest BCUT2D eigenvalue weighted by atomic mass is 16.5. The van der Waals surface area contributed by atoms with E-state index < -0.39 is 0 Å². The molecule has 2 N–H and O–H groups in total. The van der Waals surface area contributed by atoms with Crippen LogP contribution < -0.4 is 4.74 Å². The highest BCUT2D eigenvalue weighted by Gasteiger charge is 2.23. The van der Waals surface area contributed by atoms with E-state index in [0.29, 0.717) is 0 Å². The summed E-state index contributed by atoms with van der Waals surface area (Å²) < 4.78 is 5.37. The number of hydrogen-bond donors (Lipinski definition) is 2. The van der Waals surface area contributed by atoms with Crippen LogP contribution >= 0.6 is 0 Å². The first kappa shape index (κ1) is 17.8. The zero-order chi connectivity index (χ0) is 18.6. The van der Waals surface area contributed by atoms with Crippen molar-refractivity contribution in [2.24, 2.45) is 0 Å². The van der Waals surface area contributed by atoms with Gasteiger partial charge in [0.15, 0.2) is 0 Å². The van der Waals surface area contributed by atoms with E-state index in [2.05, 4.69) is 38.1 Å². The molecule has 4 rings (SSSR count). The van der Waals surface area contributed by atoms with Crippen LogP contribution in [0.2, 0.25) is 0 Å². The highest BCUT2D eigenvalue weighted by molar-refractivity contribution is 5.65. The Bertz CT molecular complexity index is 898. The average Bonchev–Trinajstić information content (AvgIpc) is 3.33. The number of fused-ring (bicyclic) bond motifs is 1. The van der Waals surface area contributed by atoms with E-state index in [4.69, 9.17) is 4.74 Å². The Balaban J connectivity index is 1.49. The van der Waals surface area contributed by atoms with E-state index in [-0.39, 0.29) is 0 Å². The minimum Gasteiger partial charge on any atom is -0.497 e. The molecule has 0 aliphatic carbocycles. The van der Waals surface area contributed by atoms with E-state index in [1.54, 1.807) is 7.11 Å². The fourth-order valence-electron chi connectivity index (χ4n) is 3.69. The number of nitrogens with one attached hydrogen (secondary N) is 2. The topological polar surface area (TPSA) is 69.8 Å². The maximum absolute atomic E-state index is 5.37. The molecule has 27 heavy (non-hydrogen) atoms. The zero-order valence-corrected chi connectivity index (χ0v) is 16.1. The number of ether oxygens (including phenoxy) is 1. The lowest BCUT2D eigenvalue weighted by Gasteiger charge is -2.26. The Morgan fingerprint density at radius 1 is 1.30 bits per heavy atom. The van der Waals surface area contributed by atoms with Gasteiger partial charge in [0.1, 0.15) is 11.6 Å². The molecule has 0 unspecified atom stereocenters. The fraction of sp³-hybridized carbons (Fsp3) is 0.429. The van der Waals surface area contributed by atoms with Crippen LogP contribution in [0.25, 0.3) is 11.3 Å². The molecule has 0 radical (unpaired) electrons. The van der Waals surface area contributed by atoms with E-state index in [9.17, 15) is 0 Å². The minimum atomic E-state index is 0.856. The number of H-pyrrole nitrogens is 2. The van der Waals surface area contributed by atoms with Crippen LogP contribution in [-0.4, -0.2) is 38.7 Å². The van der Waals surface area contributed by atoms with E-state index in [1.165, 1.54) is 29.8 Å². The van der Waals surface area contributed by atoms with Crippen molar-refractivity contribution in [1.29, 1.82) is 0 Å². The molecule has 2 aromatic heterocycles. The van der Waals surface area contributed by atoms with Crippen molar-refractivity contribution in [2.45, 2.75) is 45.7 Å². The summed E-state index contributed by atoms with van der Waals surface area (Å²) in [6.07, 6.45) is 6.38. The van der Waals surface area contributed by atoms with Crippen molar-refractivity contribution in [1.82, 2.24) is 25.1 Å². The molecule has 0 fully saturated rings. The van der Waals surface area contributed by atoms with Crippen molar-refractivity contribution in [3.05, 3.63) is 53.2 Å². The molecule has 3 aromatic rings. The SMILES string of the molecule is CCCCc1ncc(CN2CCc3[nH]nc(-c4cccc(OC)c4)c3C2)[nH]1. The third-order valence-electron chi connectivity index (χ3n) is 5.20. The number of hydrogen-bond acceptors (Lipinski definition) is 4. The smallest absolute Gasteiger partial charge is 0.119 e. The van der Waals surface area contributed by atoms with E-state index in [0.717, 1.165) is 55.3 Å². The van der Waals surface area contributed by atoms with Gasteiger partial charge in [-0.25, -0.2) is 4.98 Å². The number of aromatic amines is 2. The van der Waals surface area contributed by atoms with E-state index >= 15 is 0 Å². The lowest BCUT2D eigenvalue weighted by Crippen LogP contribution is -2.30. The van der Waals surface area contributed by atoms with Gasteiger partial charge >= 0.3 is 0 Å². The average molecular weight is 365 g/mol. The second-order valence-electron chi connectivity index (χ2n) is 7.18. The zero-order valence-electron chi connectivity index (χ0n) is 16.1. The summed E-state index contributed by atoms with van der Waals surface area (Å²) in [4.78, 5) is 10.5. The Morgan fingerprint density at radius 2 is 2.22 bits per heavy atom. The molecule has 0 atom stereocenters. The van der Waals surface area contributed by atoms with Gasteiger partial charge in [-0.15, -0.1) is 0 Å². The minimum absolute atomic E-state index is 0.856. The first-order chi connectivity index (χ1) is 13.3. The summed E-state index contributed by atoms with van der Waals surface area (Å²) in [6, 6.07) is 8.11. The molecule has 0 amide bonds. The molecular weight excluding hydrogens is 338 g/mol. The van der Waals surface area contributed by atoms with Gasteiger partial charge in [-0.05, 0) is 18.6 Å². The summed E-state index contributed by atoms with van der Waals surface area (Å²) in [5, 5.41) is 7.83. The normalized spacial score (nSPS) is 14.3. The van der Waals surface area contributed by atoms with Gasteiger partial charge in [-0.1, -0.05) is 25.5 Å². The van der Waals surface area contributed by atoms with Crippen LogP contribution in [0.4, 0.5) is 0 Å². The quantitative estimate of drug-likeness (QED) is 0.670. The molecule has 1 aliphatic rings. The Labute approximate surface area is 160 Å². The molecule has 142 valence electrons. The molecule has 3 heterocycles. The number of benzene rings is 1. The number of rotatable bonds is 7. The molecule has 6 heteroatoms. The first-order valence-corrected chi connectivity index (χ1v) is 9.72. The van der Waals surface area contributed by atoms with Crippen molar-refractivity contribution in [2.75, 3.05) is 13.7 Å². The Kier molecular flexibility index (Phi) is 5.25. The summed E-state index contributed by atoms with van der Waals surface area (Å²) in [7, 11) is 1.69. The van der Waals surface area contributed by atoms with Gasteiger partial charge < -0.3 is 9.72 Å². The molecule has 1 aromatic carbocycles. The fourth-order valence-corrected chi connectivity index (χ4v) is 3.69. The number of aromatic nitrogens is 4. The van der Waals surface area contributed by atoms with Crippen molar-refractivity contribution in [3.63, 3.8) is 0 Å². The summed E-state index contributed by atoms with van der Waals surface area (Å²) in [6.45, 7) is 5.01. The van der Waals surface area contributed by atoms with Crippen molar-refractivity contribution < 1.29 is 4.74 Å². The molecule has 1 aliphatic heterocycles. The largest absolute Gasteiger partial charge is 0.497 e. The van der Waals surface area contributed by atoms with Crippen LogP contribution in [0.5, 0.6) is 5.75 Å². The van der Waals surface area contributed by atoms with Gasteiger partial charge in [0.25, 0.3) is 0 Å². The maximum Gasteiger partial charge on any atom is 0.119 e. The van der Waals surface area contributed by atoms with Gasteiger partial charge in [-0.3, -0.25) is 10.00 Å².